The van der Waals surface area contributed by atoms with Crippen molar-refractivity contribution in [3.8, 4) is 22.4 Å². The maximum Gasteiger partial charge on any atom is 0.264 e. The van der Waals surface area contributed by atoms with Gasteiger partial charge < -0.3 is 15.3 Å². The predicted molar refractivity (Wildman–Crippen MR) is 139 cm³/mol. The molecule has 0 bridgehead atoms. The molecule has 0 radical (unpaired) electrons. The van der Waals surface area contributed by atoms with Gasteiger partial charge in [-0.25, -0.2) is 0 Å². The number of carbonyl (C=O) groups is 2. The van der Waals surface area contributed by atoms with Crippen molar-refractivity contribution in [2.75, 3.05) is 6.54 Å². The van der Waals surface area contributed by atoms with Crippen molar-refractivity contribution in [2.45, 2.75) is 31.0 Å². The summed E-state index contributed by atoms with van der Waals surface area (Å²) in [7, 11) is 0. The van der Waals surface area contributed by atoms with Crippen LogP contribution in [0.5, 0.6) is 0 Å². The summed E-state index contributed by atoms with van der Waals surface area (Å²) in [6.45, 7) is 0.708. The van der Waals surface area contributed by atoms with Crippen molar-refractivity contribution in [3.63, 3.8) is 0 Å². The van der Waals surface area contributed by atoms with Gasteiger partial charge in [-0.3, -0.25) is 19.6 Å². The first-order valence-corrected chi connectivity index (χ1v) is 12.4. The summed E-state index contributed by atoms with van der Waals surface area (Å²) in [5, 5.41) is 15.0. The van der Waals surface area contributed by atoms with E-state index in [0.717, 1.165) is 27.9 Å². The van der Waals surface area contributed by atoms with E-state index in [-0.39, 0.29) is 5.91 Å². The Bertz CT molecular complexity index is 1440. The van der Waals surface area contributed by atoms with Crippen LogP contribution in [0.4, 0.5) is 0 Å². The molecule has 2 amide bonds. The van der Waals surface area contributed by atoms with Crippen LogP contribution in [0.1, 0.15) is 29.5 Å². The van der Waals surface area contributed by atoms with Crippen LogP contribution >= 0.6 is 0 Å². The smallest absolute Gasteiger partial charge is 0.264 e. The van der Waals surface area contributed by atoms with E-state index in [1.165, 1.54) is 0 Å². The predicted octanol–water partition coefficient (Wildman–Crippen LogP) is 3.67. The van der Waals surface area contributed by atoms with Crippen LogP contribution in [-0.4, -0.2) is 44.4 Å². The highest BCUT2D eigenvalue weighted by Gasteiger charge is 2.52. The molecular weight excluding hydrogens is 464 g/mol. The van der Waals surface area contributed by atoms with Crippen LogP contribution in [-0.2, 0) is 21.7 Å². The van der Waals surface area contributed by atoms with Gasteiger partial charge in [-0.15, -0.1) is 0 Å². The molecule has 1 saturated heterocycles. The average molecular weight is 491 g/mol. The molecule has 2 heterocycles. The maximum absolute atomic E-state index is 14.0. The molecule has 1 aliphatic heterocycles. The second-order valence-corrected chi connectivity index (χ2v) is 9.42. The van der Waals surface area contributed by atoms with Crippen molar-refractivity contribution in [1.82, 2.24) is 20.2 Å². The molecule has 4 aromatic rings. The lowest BCUT2D eigenvalue weighted by Crippen LogP contribution is -2.52. The zero-order chi connectivity index (χ0) is 25.4. The number of hydrogen-bond acceptors (Lipinski definition) is 5. The minimum absolute atomic E-state index is 0.233. The number of fused-ring (bicyclic) bond motifs is 3. The zero-order valence-corrected chi connectivity index (χ0v) is 20.2. The second-order valence-electron chi connectivity index (χ2n) is 9.42. The van der Waals surface area contributed by atoms with Gasteiger partial charge in [0.2, 0.25) is 5.91 Å². The van der Waals surface area contributed by atoms with E-state index in [4.69, 9.17) is 0 Å². The number of likely N-dealkylation sites (tertiary alicyclic amines) is 1. The van der Waals surface area contributed by atoms with Crippen LogP contribution in [0.2, 0.25) is 0 Å². The first-order chi connectivity index (χ1) is 18.1. The molecule has 2 N–H and O–H groups in total. The Labute approximate surface area is 214 Å². The Morgan fingerprint density at radius 2 is 1.57 bits per heavy atom. The van der Waals surface area contributed by atoms with Crippen LogP contribution in [0, 0.1) is 0 Å². The number of nitrogens with one attached hydrogen (secondary N) is 1. The van der Waals surface area contributed by atoms with E-state index in [1.807, 2.05) is 60.7 Å². The molecular formula is C30H26N4O3. The summed E-state index contributed by atoms with van der Waals surface area (Å²) >= 11 is 0. The molecule has 2 aliphatic rings. The third-order valence-corrected chi connectivity index (χ3v) is 7.36. The molecule has 184 valence electrons. The number of amides is 2. The lowest BCUT2D eigenvalue weighted by Gasteiger charge is -2.32. The van der Waals surface area contributed by atoms with Gasteiger partial charge in [0.1, 0.15) is 6.04 Å². The van der Waals surface area contributed by atoms with Crippen molar-refractivity contribution >= 4 is 11.8 Å². The van der Waals surface area contributed by atoms with Gasteiger partial charge >= 0.3 is 0 Å². The van der Waals surface area contributed by atoms with Gasteiger partial charge in [0.25, 0.3) is 5.91 Å². The molecule has 6 rings (SSSR count). The van der Waals surface area contributed by atoms with Crippen LogP contribution < -0.4 is 5.32 Å². The molecule has 3 aromatic carbocycles. The molecule has 1 aromatic heterocycles. The molecule has 37 heavy (non-hydrogen) atoms. The van der Waals surface area contributed by atoms with Crippen molar-refractivity contribution in [1.29, 1.82) is 0 Å². The van der Waals surface area contributed by atoms with Crippen LogP contribution in [0.15, 0.2) is 91.4 Å². The van der Waals surface area contributed by atoms with E-state index < -0.39 is 17.6 Å². The standard InChI is InChI=1S/C30H26N4O3/c35-28(33-18-20-8-1-2-9-21(20)26-19-31-15-16-32-26)27-14-7-17-34(27)29(36)30(37)24-12-5-3-10-22(24)23-11-4-6-13-25(23)30/h1-6,8-13,15-16,19,27,37H,7,14,17-18H2,(H,33,35)/t27-/m0/s1. The normalized spacial score (nSPS) is 17.2. The minimum atomic E-state index is -1.82. The Morgan fingerprint density at radius 3 is 2.24 bits per heavy atom. The number of carbonyl (C=O) groups excluding carboxylic acids is 2. The molecule has 7 heteroatoms. The van der Waals surface area contributed by atoms with E-state index in [9.17, 15) is 14.7 Å². The monoisotopic (exact) mass is 490 g/mol. The van der Waals surface area contributed by atoms with E-state index in [2.05, 4.69) is 15.3 Å². The average Bonchev–Trinajstić information content (AvgIpc) is 3.55. The largest absolute Gasteiger partial charge is 0.372 e. The Morgan fingerprint density at radius 1 is 0.919 bits per heavy atom. The fraction of sp³-hybridized carbons (Fsp3) is 0.200. The Balaban J connectivity index is 1.25. The zero-order valence-electron chi connectivity index (χ0n) is 20.2. The summed E-state index contributed by atoms with van der Waals surface area (Å²) in [5.41, 5.74) is 3.51. The highest BCUT2D eigenvalue weighted by molar-refractivity contribution is 6.00. The molecule has 1 fully saturated rings. The number of aromatic nitrogens is 2. The number of benzene rings is 3. The topological polar surface area (TPSA) is 95.4 Å². The molecule has 0 unspecified atom stereocenters. The van der Waals surface area contributed by atoms with E-state index in [1.54, 1.807) is 35.6 Å². The highest BCUT2D eigenvalue weighted by Crippen LogP contribution is 2.48. The van der Waals surface area contributed by atoms with E-state index in [0.29, 0.717) is 37.1 Å². The summed E-state index contributed by atoms with van der Waals surface area (Å²) in [4.78, 5) is 37.5. The number of rotatable bonds is 5. The fourth-order valence-electron chi connectivity index (χ4n) is 5.60. The molecule has 7 nitrogen and oxygen atoms in total. The fourth-order valence-corrected chi connectivity index (χ4v) is 5.60. The van der Waals surface area contributed by atoms with Gasteiger partial charge in [0.05, 0.1) is 11.9 Å². The Hall–Kier alpha value is -4.36. The maximum atomic E-state index is 14.0. The third-order valence-electron chi connectivity index (χ3n) is 7.36. The second kappa shape index (κ2) is 9.26. The van der Waals surface area contributed by atoms with Crippen LogP contribution in [0.25, 0.3) is 22.4 Å². The summed E-state index contributed by atoms with van der Waals surface area (Å²) in [5.74, 6) is -0.689. The number of aliphatic hydroxyl groups is 1. The van der Waals surface area contributed by atoms with Gasteiger partial charge in [0.15, 0.2) is 5.60 Å². The SMILES string of the molecule is O=C(NCc1ccccc1-c1cnccn1)[C@@H]1CCCN1C(=O)C1(O)c2ccccc2-c2ccccc21. The molecule has 1 atom stereocenters. The first kappa shape index (κ1) is 23.1. The quantitative estimate of drug-likeness (QED) is 0.445. The summed E-state index contributed by atoms with van der Waals surface area (Å²) < 4.78 is 0. The van der Waals surface area contributed by atoms with Crippen molar-refractivity contribution in [3.05, 3.63) is 108 Å². The molecule has 0 saturated carbocycles. The Kier molecular flexibility index (Phi) is 5.77. The highest BCUT2D eigenvalue weighted by atomic mass is 16.3. The third kappa shape index (κ3) is 3.79. The lowest BCUT2D eigenvalue weighted by molar-refractivity contribution is -0.151. The van der Waals surface area contributed by atoms with Gasteiger partial charge in [0, 0.05) is 42.2 Å². The lowest BCUT2D eigenvalue weighted by atomic mass is 9.89. The van der Waals surface area contributed by atoms with E-state index >= 15 is 0 Å². The minimum Gasteiger partial charge on any atom is -0.372 e. The van der Waals surface area contributed by atoms with Gasteiger partial charge in [-0.05, 0) is 29.5 Å². The van der Waals surface area contributed by atoms with Crippen molar-refractivity contribution in [2.24, 2.45) is 0 Å². The number of nitrogens with zero attached hydrogens (tertiary/aromatic N) is 3. The summed E-state index contributed by atoms with van der Waals surface area (Å²) in [6.07, 6.45) is 6.18. The molecule has 0 spiro atoms. The first-order valence-electron chi connectivity index (χ1n) is 12.4. The van der Waals surface area contributed by atoms with Crippen molar-refractivity contribution < 1.29 is 14.7 Å². The molecule has 1 aliphatic carbocycles. The van der Waals surface area contributed by atoms with Crippen LogP contribution in [0.3, 0.4) is 0 Å². The summed E-state index contributed by atoms with van der Waals surface area (Å²) in [6, 6.07) is 21.9. The van der Waals surface area contributed by atoms with Gasteiger partial charge in [-0.1, -0.05) is 72.8 Å². The van der Waals surface area contributed by atoms with Gasteiger partial charge in [-0.2, -0.15) is 0 Å². The number of hydrogen-bond donors (Lipinski definition) is 2.